The van der Waals surface area contributed by atoms with Crippen LogP contribution in [0.4, 0.5) is 0 Å². The molecule has 0 fully saturated rings. The van der Waals surface area contributed by atoms with Crippen LogP contribution in [-0.4, -0.2) is 0 Å². The third kappa shape index (κ3) is 1.30. The molecule has 0 radical (unpaired) electrons. The molecular formula is C10H6N2O. The number of hydrogen-bond donors (Lipinski definition) is 0. The van der Waals surface area contributed by atoms with Gasteiger partial charge < -0.3 is 5.21 Å². The summed E-state index contributed by atoms with van der Waals surface area (Å²) in [6, 6.07) is 9.01. The monoisotopic (exact) mass is 170 g/mol. The number of hydrogen-bond acceptors (Lipinski definition) is 2. The summed E-state index contributed by atoms with van der Waals surface area (Å²) < 4.78 is 0.726. The predicted molar refractivity (Wildman–Crippen MR) is 47.6 cm³/mol. The van der Waals surface area contributed by atoms with Gasteiger partial charge in [0.15, 0.2) is 12.4 Å². The Hall–Kier alpha value is -2.08. The Morgan fingerprint density at radius 2 is 2.08 bits per heavy atom. The summed E-state index contributed by atoms with van der Waals surface area (Å²) in [5.74, 6) is 0. The summed E-state index contributed by atoms with van der Waals surface area (Å²) in [5, 5.41) is 21.3. The Labute approximate surface area is 75.0 Å². The normalized spacial score (nSPS) is 9.77. The Bertz CT molecular complexity index is 500. The summed E-state index contributed by atoms with van der Waals surface area (Å²) in [7, 11) is 0. The van der Waals surface area contributed by atoms with Crippen molar-refractivity contribution in [3.63, 3.8) is 0 Å². The lowest BCUT2D eigenvalue weighted by Crippen LogP contribution is -2.23. The zero-order valence-corrected chi connectivity index (χ0v) is 6.77. The molecule has 0 atom stereocenters. The van der Waals surface area contributed by atoms with Crippen molar-refractivity contribution in [3.05, 3.63) is 47.4 Å². The Morgan fingerprint density at radius 3 is 2.85 bits per heavy atom. The number of benzene rings is 1. The number of nitrogens with zero attached hydrogens (tertiary/aromatic N) is 2. The minimum Gasteiger partial charge on any atom is -0.619 e. The second-order valence-electron chi connectivity index (χ2n) is 2.76. The lowest BCUT2D eigenvalue weighted by molar-refractivity contribution is -0.603. The molecule has 0 saturated carbocycles. The Balaban J connectivity index is 2.77. The highest BCUT2D eigenvalue weighted by Crippen LogP contribution is 2.12. The standard InChI is InChI=1S/C10H6N2O/c11-6-8-1-2-9-3-4-12(13)7-10(9)5-8/h1-5,7H. The number of pyridine rings is 1. The first-order valence-electron chi connectivity index (χ1n) is 3.82. The Kier molecular flexibility index (Phi) is 1.60. The first kappa shape index (κ1) is 7.56. The molecule has 62 valence electrons. The van der Waals surface area contributed by atoms with Crippen LogP contribution in [0.3, 0.4) is 0 Å². The predicted octanol–water partition coefficient (Wildman–Crippen LogP) is 1.34. The maximum atomic E-state index is 10.9. The first-order valence-corrected chi connectivity index (χ1v) is 3.82. The van der Waals surface area contributed by atoms with Gasteiger partial charge >= 0.3 is 0 Å². The van der Waals surface area contributed by atoms with Crippen molar-refractivity contribution in [2.24, 2.45) is 0 Å². The highest BCUT2D eigenvalue weighted by molar-refractivity contribution is 5.81. The van der Waals surface area contributed by atoms with Gasteiger partial charge in [0.25, 0.3) is 0 Å². The number of nitriles is 1. The molecule has 0 spiro atoms. The summed E-state index contributed by atoms with van der Waals surface area (Å²) in [4.78, 5) is 0. The van der Waals surface area contributed by atoms with Crippen molar-refractivity contribution in [2.45, 2.75) is 0 Å². The molecule has 0 bridgehead atoms. The number of fused-ring (bicyclic) bond motifs is 1. The van der Waals surface area contributed by atoms with Gasteiger partial charge in [0, 0.05) is 11.5 Å². The third-order valence-corrected chi connectivity index (χ3v) is 1.88. The van der Waals surface area contributed by atoms with Gasteiger partial charge in [-0.15, -0.1) is 0 Å². The van der Waals surface area contributed by atoms with Crippen molar-refractivity contribution < 1.29 is 4.73 Å². The van der Waals surface area contributed by atoms with E-state index in [1.54, 1.807) is 18.2 Å². The van der Waals surface area contributed by atoms with Gasteiger partial charge in [-0.1, -0.05) is 6.07 Å². The van der Waals surface area contributed by atoms with Crippen molar-refractivity contribution in [3.8, 4) is 6.07 Å². The van der Waals surface area contributed by atoms with E-state index in [9.17, 15) is 5.21 Å². The average molecular weight is 170 g/mol. The topological polar surface area (TPSA) is 50.7 Å². The first-order chi connectivity index (χ1) is 6.29. The van der Waals surface area contributed by atoms with Crippen LogP contribution < -0.4 is 4.73 Å². The van der Waals surface area contributed by atoms with Crippen LogP contribution in [-0.2, 0) is 0 Å². The van der Waals surface area contributed by atoms with Gasteiger partial charge in [-0.25, -0.2) is 0 Å². The lowest BCUT2D eigenvalue weighted by atomic mass is 10.1. The second kappa shape index (κ2) is 2.76. The van der Waals surface area contributed by atoms with Crippen LogP contribution >= 0.6 is 0 Å². The molecule has 1 aromatic carbocycles. The quantitative estimate of drug-likeness (QED) is 0.442. The van der Waals surface area contributed by atoms with Crippen LogP contribution in [0, 0.1) is 16.5 Å². The summed E-state index contributed by atoms with van der Waals surface area (Å²) in [6.07, 6.45) is 2.89. The second-order valence-corrected chi connectivity index (χ2v) is 2.76. The lowest BCUT2D eigenvalue weighted by Gasteiger charge is -1.98. The highest BCUT2D eigenvalue weighted by atomic mass is 16.5. The van der Waals surface area contributed by atoms with Gasteiger partial charge in [0.1, 0.15) is 0 Å². The van der Waals surface area contributed by atoms with E-state index in [2.05, 4.69) is 0 Å². The number of rotatable bonds is 0. The van der Waals surface area contributed by atoms with E-state index in [-0.39, 0.29) is 0 Å². The molecule has 0 aliphatic heterocycles. The van der Waals surface area contributed by atoms with E-state index in [0.717, 1.165) is 15.5 Å². The van der Waals surface area contributed by atoms with E-state index in [1.807, 2.05) is 12.1 Å². The fraction of sp³-hybridized carbons (Fsp3) is 0. The van der Waals surface area contributed by atoms with Crippen LogP contribution in [0.15, 0.2) is 36.7 Å². The molecule has 1 aromatic heterocycles. The van der Waals surface area contributed by atoms with Gasteiger partial charge in [0.2, 0.25) is 0 Å². The van der Waals surface area contributed by atoms with Crippen molar-refractivity contribution in [1.82, 2.24) is 0 Å². The van der Waals surface area contributed by atoms with Gasteiger partial charge in [-0.2, -0.15) is 9.99 Å². The maximum Gasteiger partial charge on any atom is 0.188 e. The molecule has 2 rings (SSSR count). The largest absolute Gasteiger partial charge is 0.619 e. The van der Waals surface area contributed by atoms with Crippen molar-refractivity contribution >= 4 is 10.8 Å². The molecule has 3 heteroatoms. The molecule has 2 aromatic rings. The van der Waals surface area contributed by atoms with Gasteiger partial charge in [0.05, 0.1) is 11.6 Å². The molecule has 0 aliphatic rings. The zero-order valence-electron chi connectivity index (χ0n) is 6.77. The smallest absolute Gasteiger partial charge is 0.188 e. The van der Waals surface area contributed by atoms with Crippen LogP contribution in [0.1, 0.15) is 5.56 Å². The number of aromatic nitrogens is 1. The average Bonchev–Trinajstić information content (AvgIpc) is 2.16. The molecule has 0 amide bonds. The van der Waals surface area contributed by atoms with Crippen LogP contribution in [0.2, 0.25) is 0 Å². The van der Waals surface area contributed by atoms with Crippen molar-refractivity contribution in [2.75, 3.05) is 0 Å². The molecule has 13 heavy (non-hydrogen) atoms. The third-order valence-electron chi connectivity index (χ3n) is 1.88. The van der Waals surface area contributed by atoms with E-state index in [1.165, 1.54) is 12.4 Å². The summed E-state index contributed by atoms with van der Waals surface area (Å²) in [5.41, 5.74) is 0.568. The minimum absolute atomic E-state index is 0.568. The summed E-state index contributed by atoms with van der Waals surface area (Å²) in [6.45, 7) is 0. The van der Waals surface area contributed by atoms with E-state index >= 15 is 0 Å². The zero-order chi connectivity index (χ0) is 9.26. The molecule has 0 aliphatic carbocycles. The Morgan fingerprint density at radius 1 is 1.23 bits per heavy atom. The van der Waals surface area contributed by atoms with Crippen LogP contribution in [0.25, 0.3) is 10.8 Å². The van der Waals surface area contributed by atoms with E-state index < -0.39 is 0 Å². The molecular weight excluding hydrogens is 164 g/mol. The van der Waals surface area contributed by atoms with Crippen molar-refractivity contribution in [1.29, 1.82) is 5.26 Å². The summed E-state index contributed by atoms with van der Waals surface area (Å²) >= 11 is 0. The molecule has 0 saturated heterocycles. The SMILES string of the molecule is N#Cc1ccc2cc[n+]([O-])cc2c1. The van der Waals surface area contributed by atoms with Gasteiger partial charge in [-0.05, 0) is 17.5 Å². The fourth-order valence-electron chi connectivity index (χ4n) is 1.24. The minimum atomic E-state index is 0.568. The molecule has 0 N–H and O–H groups in total. The molecule has 0 unspecified atom stereocenters. The van der Waals surface area contributed by atoms with E-state index in [4.69, 9.17) is 5.26 Å². The maximum absolute atomic E-state index is 10.9. The highest BCUT2D eigenvalue weighted by Gasteiger charge is 1.98. The van der Waals surface area contributed by atoms with Crippen LogP contribution in [0.5, 0.6) is 0 Å². The van der Waals surface area contributed by atoms with Gasteiger partial charge in [-0.3, -0.25) is 0 Å². The molecule has 3 nitrogen and oxygen atoms in total. The fourth-order valence-corrected chi connectivity index (χ4v) is 1.24. The molecule has 1 heterocycles. The van der Waals surface area contributed by atoms with E-state index in [0.29, 0.717) is 5.56 Å².